The van der Waals surface area contributed by atoms with E-state index in [-0.39, 0.29) is 18.3 Å². The van der Waals surface area contributed by atoms with Crippen molar-refractivity contribution < 1.29 is 9.53 Å². The van der Waals surface area contributed by atoms with Crippen LogP contribution >= 0.6 is 35.3 Å². The summed E-state index contributed by atoms with van der Waals surface area (Å²) in [4.78, 5) is 30.7. The molecule has 2 aromatic carbocycles. The van der Waals surface area contributed by atoms with E-state index in [1.54, 1.807) is 48.7 Å². The summed E-state index contributed by atoms with van der Waals surface area (Å²) in [5.74, 6) is 0.490. The molecule has 0 aliphatic rings. The number of anilines is 1. The van der Waals surface area contributed by atoms with Crippen LogP contribution < -0.4 is 9.64 Å². The van der Waals surface area contributed by atoms with Crippen molar-refractivity contribution in [3.8, 4) is 5.75 Å². The van der Waals surface area contributed by atoms with Crippen molar-refractivity contribution in [1.29, 1.82) is 0 Å². The average Bonchev–Trinajstić information content (AvgIpc) is 3.22. The molecule has 2 aromatic heterocycles. The van der Waals surface area contributed by atoms with Crippen molar-refractivity contribution in [3.63, 3.8) is 0 Å². The fourth-order valence-corrected chi connectivity index (χ4v) is 4.58. The molecule has 0 unspecified atom stereocenters. The summed E-state index contributed by atoms with van der Waals surface area (Å²) < 4.78 is 6.24. The number of aromatic nitrogens is 3. The van der Waals surface area contributed by atoms with E-state index < -0.39 is 0 Å². The number of hydrogen-bond acceptors (Lipinski definition) is 7. The highest BCUT2D eigenvalue weighted by molar-refractivity contribution is 7.23. The summed E-state index contributed by atoms with van der Waals surface area (Å²) >= 11 is 7.79. The van der Waals surface area contributed by atoms with Crippen LogP contribution in [0, 0.1) is 0 Å². The molecular weight excluding hydrogens is 469 g/mol. The Balaban J connectivity index is 0.00000289. The second-order valence-electron chi connectivity index (χ2n) is 7.30. The molecule has 1 amide bonds. The second kappa shape index (κ2) is 10.4. The molecule has 4 aromatic rings. The summed E-state index contributed by atoms with van der Waals surface area (Å²) in [6.07, 6.45) is 4.05. The molecule has 32 heavy (non-hydrogen) atoms. The number of methoxy groups -OCH3 is 1. The lowest BCUT2D eigenvalue weighted by atomic mass is 10.1. The number of thiazole rings is 1. The Morgan fingerprint density at radius 1 is 1.09 bits per heavy atom. The summed E-state index contributed by atoms with van der Waals surface area (Å²) in [7, 11) is 5.62. The quantitative estimate of drug-likeness (QED) is 0.365. The van der Waals surface area contributed by atoms with Gasteiger partial charge in [-0.25, -0.2) is 4.98 Å². The first-order valence-electron chi connectivity index (χ1n) is 9.78. The number of nitrogens with zero attached hydrogens (tertiary/aromatic N) is 5. The Hall–Kier alpha value is -2.52. The van der Waals surface area contributed by atoms with Gasteiger partial charge in [0.2, 0.25) is 0 Å². The van der Waals surface area contributed by atoms with E-state index in [2.05, 4.69) is 14.9 Å². The maximum Gasteiger partial charge on any atom is 0.260 e. The zero-order valence-electron chi connectivity index (χ0n) is 17.9. The van der Waals surface area contributed by atoms with Crippen LogP contribution in [0.2, 0.25) is 5.02 Å². The van der Waals surface area contributed by atoms with Gasteiger partial charge in [0, 0.05) is 24.5 Å². The lowest BCUT2D eigenvalue weighted by molar-refractivity contribution is 0.0986. The largest absolute Gasteiger partial charge is 0.494 e. The van der Waals surface area contributed by atoms with E-state index in [4.69, 9.17) is 21.3 Å². The SMILES string of the molecule is COc1ccc(Cl)c2sc(N(CCCN(C)C)C(=O)c3ccc4nccnc4c3)nc12.Cl. The van der Waals surface area contributed by atoms with Gasteiger partial charge in [0.05, 0.1) is 27.9 Å². The summed E-state index contributed by atoms with van der Waals surface area (Å²) in [6.45, 7) is 1.37. The Bertz CT molecular complexity index is 1250. The third-order valence-corrected chi connectivity index (χ3v) is 6.39. The minimum atomic E-state index is -0.138. The van der Waals surface area contributed by atoms with Crippen LogP contribution in [0.15, 0.2) is 42.7 Å². The van der Waals surface area contributed by atoms with Crippen LogP contribution in [0.4, 0.5) is 5.13 Å². The van der Waals surface area contributed by atoms with Crippen molar-refractivity contribution >= 4 is 67.6 Å². The molecule has 0 aliphatic carbocycles. The van der Waals surface area contributed by atoms with Crippen molar-refractivity contribution in [3.05, 3.63) is 53.3 Å². The van der Waals surface area contributed by atoms with Crippen LogP contribution in [0.5, 0.6) is 5.75 Å². The molecular formula is C22H23Cl2N5O2S. The molecule has 0 spiro atoms. The van der Waals surface area contributed by atoms with Crippen LogP contribution in [0.1, 0.15) is 16.8 Å². The summed E-state index contributed by atoms with van der Waals surface area (Å²) in [5.41, 5.74) is 2.62. The minimum absolute atomic E-state index is 0. The van der Waals surface area contributed by atoms with Gasteiger partial charge in [0.15, 0.2) is 5.13 Å². The van der Waals surface area contributed by atoms with Gasteiger partial charge in [-0.05, 0) is 57.4 Å². The van der Waals surface area contributed by atoms with Gasteiger partial charge in [-0.3, -0.25) is 19.7 Å². The Morgan fingerprint density at radius 3 is 2.56 bits per heavy atom. The summed E-state index contributed by atoms with van der Waals surface area (Å²) in [5, 5.41) is 1.17. The highest BCUT2D eigenvalue weighted by Crippen LogP contribution is 2.39. The van der Waals surface area contributed by atoms with Gasteiger partial charge in [-0.2, -0.15) is 0 Å². The third-order valence-electron chi connectivity index (χ3n) is 4.85. The number of halogens is 2. The van der Waals surface area contributed by atoms with Gasteiger partial charge in [-0.15, -0.1) is 12.4 Å². The highest BCUT2D eigenvalue weighted by atomic mass is 35.5. The second-order valence-corrected chi connectivity index (χ2v) is 8.68. The third kappa shape index (κ3) is 4.94. The number of hydrogen-bond donors (Lipinski definition) is 0. The minimum Gasteiger partial charge on any atom is -0.494 e. The summed E-state index contributed by atoms with van der Waals surface area (Å²) in [6, 6.07) is 8.93. The molecule has 0 saturated heterocycles. The zero-order chi connectivity index (χ0) is 22.0. The van der Waals surface area contributed by atoms with Crippen molar-refractivity contribution in [2.24, 2.45) is 0 Å². The fraction of sp³-hybridized carbons (Fsp3) is 0.273. The van der Waals surface area contributed by atoms with E-state index in [0.29, 0.717) is 39.0 Å². The first-order chi connectivity index (χ1) is 15.0. The zero-order valence-corrected chi connectivity index (χ0v) is 20.3. The number of carbonyl (C=O) groups excluding carboxylic acids is 1. The van der Waals surface area contributed by atoms with Crippen molar-refractivity contribution in [2.75, 3.05) is 39.2 Å². The van der Waals surface area contributed by atoms with Gasteiger partial charge in [0.25, 0.3) is 5.91 Å². The highest BCUT2D eigenvalue weighted by Gasteiger charge is 2.23. The standard InChI is InChI=1S/C22H22ClN5O2S.ClH/c1-27(2)11-4-12-28(21(29)14-5-7-16-17(13-14)25-10-9-24-16)22-26-19-18(30-3)8-6-15(23)20(19)31-22;/h5-10,13H,4,11-12H2,1-3H3;1H. The van der Waals surface area contributed by atoms with E-state index in [9.17, 15) is 4.79 Å². The molecule has 2 heterocycles. The number of ether oxygens (including phenoxy) is 1. The lowest BCUT2D eigenvalue weighted by Gasteiger charge is -2.21. The molecule has 0 aliphatic heterocycles. The van der Waals surface area contributed by atoms with E-state index in [0.717, 1.165) is 23.2 Å². The predicted molar refractivity (Wildman–Crippen MR) is 133 cm³/mol. The topological polar surface area (TPSA) is 71.5 Å². The molecule has 0 fully saturated rings. The van der Waals surface area contributed by atoms with Gasteiger partial charge in [0.1, 0.15) is 11.3 Å². The molecule has 0 radical (unpaired) electrons. The molecule has 0 N–H and O–H groups in total. The Labute approximate surface area is 201 Å². The number of fused-ring (bicyclic) bond motifs is 2. The average molecular weight is 492 g/mol. The van der Waals surface area contributed by atoms with Crippen LogP contribution in [0.25, 0.3) is 21.3 Å². The van der Waals surface area contributed by atoms with Gasteiger partial charge < -0.3 is 9.64 Å². The maximum atomic E-state index is 13.5. The molecule has 168 valence electrons. The Kier molecular flexibility index (Phi) is 7.84. The van der Waals surface area contributed by atoms with E-state index in [1.165, 1.54) is 11.3 Å². The number of amides is 1. The Morgan fingerprint density at radius 2 is 1.84 bits per heavy atom. The smallest absolute Gasteiger partial charge is 0.260 e. The first kappa shape index (κ1) is 24.1. The fourth-order valence-electron chi connectivity index (χ4n) is 3.30. The van der Waals surface area contributed by atoms with Gasteiger partial charge >= 0.3 is 0 Å². The molecule has 0 bridgehead atoms. The molecule has 0 saturated carbocycles. The van der Waals surface area contributed by atoms with Crippen LogP contribution in [-0.2, 0) is 0 Å². The monoisotopic (exact) mass is 491 g/mol. The predicted octanol–water partition coefficient (Wildman–Crippen LogP) is 4.92. The molecule has 4 rings (SSSR count). The van der Waals surface area contributed by atoms with E-state index >= 15 is 0 Å². The normalized spacial score (nSPS) is 11.0. The van der Waals surface area contributed by atoms with Crippen LogP contribution in [-0.4, -0.2) is 60.1 Å². The van der Waals surface area contributed by atoms with E-state index in [1.807, 2.05) is 20.2 Å². The first-order valence-corrected chi connectivity index (χ1v) is 11.0. The number of rotatable bonds is 7. The maximum absolute atomic E-state index is 13.5. The number of carbonyl (C=O) groups is 1. The molecule has 7 nitrogen and oxygen atoms in total. The lowest BCUT2D eigenvalue weighted by Crippen LogP contribution is -2.33. The molecule has 10 heteroatoms. The number of benzene rings is 2. The van der Waals surface area contributed by atoms with Gasteiger partial charge in [-0.1, -0.05) is 22.9 Å². The molecule has 0 atom stereocenters. The van der Waals surface area contributed by atoms with Crippen molar-refractivity contribution in [2.45, 2.75) is 6.42 Å². The van der Waals surface area contributed by atoms with Crippen molar-refractivity contribution in [1.82, 2.24) is 19.9 Å². The van der Waals surface area contributed by atoms with Crippen LogP contribution in [0.3, 0.4) is 0 Å².